The van der Waals surface area contributed by atoms with Gasteiger partial charge in [-0.15, -0.1) is 0 Å². The van der Waals surface area contributed by atoms with Gasteiger partial charge in [0.25, 0.3) is 0 Å². The summed E-state index contributed by atoms with van der Waals surface area (Å²) in [6.45, 7) is 0. The third kappa shape index (κ3) is 5.66. The molecule has 0 radical (unpaired) electrons. The van der Waals surface area contributed by atoms with Crippen LogP contribution in [0.4, 0.5) is 0 Å². The van der Waals surface area contributed by atoms with E-state index in [1.165, 1.54) is 32.3 Å². The van der Waals surface area contributed by atoms with Crippen molar-refractivity contribution >= 4 is 65.4 Å². The van der Waals surface area contributed by atoms with Gasteiger partial charge >= 0.3 is 0 Å². The molecule has 9 aromatic carbocycles. The van der Waals surface area contributed by atoms with E-state index in [4.69, 9.17) is 9.97 Å². The Bertz CT molecular complexity index is 3780. The van der Waals surface area contributed by atoms with E-state index >= 15 is 0 Å². The fourth-order valence-electron chi connectivity index (χ4n) is 10.0. The molecule has 0 bridgehead atoms. The minimum absolute atomic E-state index is 0.596. The molecule has 0 amide bonds. The fraction of sp³-hybridized carbons (Fsp3) is 0. The lowest BCUT2D eigenvalue weighted by Gasteiger charge is -2.23. The third-order valence-corrected chi connectivity index (χ3v) is 12.9. The molecule has 0 N–H and O–H groups in total. The van der Waals surface area contributed by atoms with E-state index in [1.807, 2.05) is 42.5 Å². The fourth-order valence-corrected chi connectivity index (χ4v) is 10.0. The monoisotopic (exact) mass is 828 g/mol. The maximum Gasteiger partial charge on any atom is 0.160 e. The number of rotatable bonds is 6. The number of fused-ring (bicyclic) bond motifs is 9. The van der Waals surface area contributed by atoms with Crippen molar-refractivity contribution in [3.8, 4) is 57.0 Å². The number of nitrogens with zero attached hydrogens (tertiary/aromatic N) is 6. The maximum atomic E-state index is 9.68. The number of para-hydroxylation sites is 6. The molecule has 0 atom stereocenters. The summed E-state index contributed by atoms with van der Waals surface area (Å²) in [7, 11) is 0. The van der Waals surface area contributed by atoms with Gasteiger partial charge in [-0.1, -0.05) is 152 Å². The van der Waals surface area contributed by atoms with Gasteiger partial charge in [0.05, 0.1) is 73.2 Å². The van der Waals surface area contributed by atoms with Crippen LogP contribution in [0.1, 0.15) is 5.56 Å². The highest BCUT2D eigenvalue weighted by molar-refractivity contribution is 6.14. The highest BCUT2D eigenvalue weighted by atomic mass is 15.1. The first-order valence-corrected chi connectivity index (χ1v) is 21.8. The standard InChI is InChI=1S/C59H36N6/c60-37-38-30-32-39(33-31-38)48-36-49(62-59(61-48)40-16-2-1-3-17-40)41-34-56(63-50-24-10-4-18-42(50)43-19-5-11-25-51(43)63)58(65-54-28-14-8-22-46(54)47-23-9-15-29-55(47)65)57(35-41)64-52-26-12-6-20-44(52)45-21-7-13-27-53(45)64/h1-36H. The Morgan fingerprint density at radius 2 is 0.677 bits per heavy atom. The Labute approximate surface area is 373 Å². The van der Waals surface area contributed by atoms with E-state index in [2.05, 4.69) is 196 Å². The predicted molar refractivity (Wildman–Crippen MR) is 266 cm³/mol. The molecule has 0 saturated heterocycles. The van der Waals surface area contributed by atoms with E-state index < -0.39 is 0 Å². The number of nitriles is 1. The molecule has 4 heterocycles. The Hall–Kier alpha value is -9.05. The molecule has 302 valence electrons. The Balaban J connectivity index is 1.25. The van der Waals surface area contributed by atoms with Gasteiger partial charge < -0.3 is 13.7 Å². The van der Waals surface area contributed by atoms with Crippen molar-refractivity contribution in [3.63, 3.8) is 0 Å². The molecule has 13 aromatic rings. The van der Waals surface area contributed by atoms with Crippen LogP contribution in [0.25, 0.3) is 116 Å². The van der Waals surface area contributed by atoms with Crippen LogP contribution < -0.4 is 0 Å². The van der Waals surface area contributed by atoms with Gasteiger partial charge in [-0.05, 0) is 66.7 Å². The van der Waals surface area contributed by atoms with Crippen LogP contribution in [-0.4, -0.2) is 23.7 Å². The van der Waals surface area contributed by atoms with Crippen LogP contribution in [0.2, 0.25) is 0 Å². The summed E-state index contributed by atoms with van der Waals surface area (Å²) in [5.41, 5.74) is 14.6. The average molecular weight is 829 g/mol. The van der Waals surface area contributed by atoms with Crippen molar-refractivity contribution < 1.29 is 0 Å². The third-order valence-electron chi connectivity index (χ3n) is 12.9. The lowest BCUT2D eigenvalue weighted by molar-refractivity contribution is 1.05. The van der Waals surface area contributed by atoms with Gasteiger partial charge in [-0.2, -0.15) is 5.26 Å². The second-order valence-electron chi connectivity index (χ2n) is 16.5. The largest absolute Gasteiger partial charge is 0.307 e. The summed E-state index contributed by atoms with van der Waals surface area (Å²) >= 11 is 0. The molecule has 0 aliphatic heterocycles. The van der Waals surface area contributed by atoms with Crippen LogP contribution in [-0.2, 0) is 0 Å². The van der Waals surface area contributed by atoms with Crippen LogP contribution in [0.3, 0.4) is 0 Å². The van der Waals surface area contributed by atoms with Gasteiger partial charge in [0.1, 0.15) is 0 Å². The Morgan fingerprint density at radius 1 is 0.323 bits per heavy atom. The summed E-state index contributed by atoms with van der Waals surface area (Å²) in [5.74, 6) is 0.616. The van der Waals surface area contributed by atoms with Gasteiger partial charge in [0.2, 0.25) is 0 Å². The number of hydrogen-bond donors (Lipinski definition) is 0. The van der Waals surface area contributed by atoms with Crippen molar-refractivity contribution in [2.24, 2.45) is 0 Å². The molecular weight excluding hydrogens is 793 g/mol. The summed E-state index contributed by atoms with van der Waals surface area (Å²) in [4.78, 5) is 10.6. The van der Waals surface area contributed by atoms with Crippen molar-refractivity contribution in [2.45, 2.75) is 0 Å². The predicted octanol–water partition coefficient (Wildman–Crippen LogP) is 14.6. The second kappa shape index (κ2) is 14.5. The van der Waals surface area contributed by atoms with Crippen molar-refractivity contribution in [2.75, 3.05) is 0 Å². The van der Waals surface area contributed by atoms with Crippen LogP contribution in [0.15, 0.2) is 218 Å². The van der Waals surface area contributed by atoms with Gasteiger partial charge in [0, 0.05) is 49.0 Å². The summed E-state index contributed by atoms with van der Waals surface area (Å²) in [6.07, 6.45) is 0. The van der Waals surface area contributed by atoms with E-state index in [1.54, 1.807) is 0 Å². The highest BCUT2D eigenvalue weighted by Crippen LogP contribution is 2.45. The van der Waals surface area contributed by atoms with Gasteiger partial charge in [-0.3, -0.25) is 0 Å². The number of aromatic nitrogens is 5. The van der Waals surface area contributed by atoms with Crippen molar-refractivity contribution in [1.82, 2.24) is 23.7 Å². The van der Waals surface area contributed by atoms with E-state index in [0.29, 0.717) is 11.4 Å². The smallest absolute Gasteiger partial charge is 0.160 e. The minimum atomic E-state index is 0.596. The van der Waals surface area contributed by atoms with Crippen LogP contribution in [0.5, 0.6) is 0 Å². The van der Waals surface area contributed by atoms with Gasteiger partial charge in [-0.25, -0.2) is 9.97 Å². The van der Waals surface area contributed by atoms with Crippen LogP contribution in [0, 0.1) is 11.3 Å². The lowest BCUT2D eigenvalue weighted by Crippen LogP contribution is -2.10. The molecule has 13 rings (SSSR count). The van der Waals surface area contributed by atoms with Crippen LogP contribution >= 0.6 is 0 Å². The first-order valence-electron chi connectivity index (χ1n) is 21.8. The number of hydrogen-bond acceptors (Lipinski definition) is 3. The second-order valence-corrected chi connectivity index (χ2v) is 16.5. The average Bonchev–Trinajstić information content (AvgIpc) is 4.02. The Morgan fingerprint density at radius 3 is 1.08 bits per heavy atom. The first kappa shape index (κ1) is 36.6. The van der Waals surface area contributed by atoms with E-state index in [-0.39, 0.29) is 0 Å². The quantitative estimate of drug-likeness (QED) is 0.168. The first-order chi connectivity index (χ1) is 32.2. The molecule has 0 aliphatic carbocycles. The summed E-state index contributed by atoms with van der Waals surface area (Å²) < 4.78 is 7.38. The molecule has 0 spiro atoms. The summed E-state index contributed by atoms with van der Waals surface area (Å²) in [6, 6.07) is 79.2. The van der Waals surface area contributed by atoms with Crippen molar-refractivity contribution in [1.29, 1.82) is 5.26 Å². The highest BCUT2D eigenvalue weighted by Gasteiger charge is 2.26. The molecular formula is C59H36N6. The summed E-state index contributed by atoms with van der Waals surface area (Å²) in [5, 5.41) is 16.8. The van der Waals surface area contributed by atoms with E-state index in [0.717, 1.165) is 78.2 Å². The molecule has 0 unspecified atom stereocenters. The lowest BCUT2D eigenvalue weighted by atomic mass is 10.0. The van der Waals surface area contributed by atoms with Gasteiger partial charge in [0.15, 0.2) is 5.82 Å². The zero-order valence-corrected chi connectivity index (χ0v) is 35.0. The molecule has 6 nitrogen and oxygen atoms in total. The zero-order chi connectivity index (χ0) is 43.0. The molecule has 4 aromatic heterocycles. The normalized spacial score (nSPS) is 11.7. The SMILES string of the molecule is N#Cc1ccc(-c2cc(-c3cc(-n4c5ccccc5c5ccccc54)c(-n4c5ccccc5c5ccccc54)c(-n4c5ccccc5c5ccccc54)c3)nc(-c3ccccc3)n2)cc1. The Kier molecular flexibility index (Phi) is 8.17. The molecule has 0 aliphatic rings. The number of benzene rings is 9. The molecule has 0 fully saturated rings. The topological polar surface area (TPSA) is 64.4 Å². The minimum Gasteiger partial charge on any atom is -0.307 e. The molecule has 0 saturated carbocycles. The zero-order valence-electron chi connectivity index (χ0n) is 35.0. The molecule has 6 heteroatoms. The maximum absolute atomic E-state index is 9.68. The van der Waals surface area contributed by atoms with E-state index in [9.17, 15) is 5.26 Å². The molecule has 65 heavy (non-hydrogen) atoms. The van der Waals surface area contributed by atoms with Crippen molar-refractivity contribution in [3.05, 3.63) is 224 Å².